The Morgan fingerprint density at radius 1 is 1.18 bits per heavy atom. The number of amides is 1. The average Bonchev–Trinajstić information content (AvgIpc) is 3.16. The van der Waals surface area contributed by atoms with Gasteiger partial charge in [0.2, 0.25) is 15.9 Å². The monoisotopic (exact) mass is 420 g/mol. The summed E-state index contributed by atoms with van der Waals surface area (Å²) in [6.07, 6.45) is 1.63. The smallest absolute Gasteiger partial charge is 0.261 e. The van der Waals surface area contributed by atoms with E-state index in [2.05, 4.69) is 14.9 Å². The van der Waals surface area contributed by atoms with Crippen LogP contribution in [-0.2, 0) is 24.8 Å². The van der Waals surface area contributed by atoms with E-state index in [0.29, 0.717) is 11.2 Å². The Bertz CT molecular complexity index is 1280. The first-order valence-electron chi connectivity index (χ1n) is 8.30. The van der Waals surface area contributed by atoms with Gasteiger partial charge in [0.15, 0.2) is 0 Å². The van der Waals surface area contributed by atoms with E-state index >= 15 is 0 Å². The standard InChI is InChI=1S/C17H16N4O5S2/c1-11-10-27(23,24)21(17(11)22)14-4-6-15(7-5-14)28(25,26)20-13-3-2-12-9-18-19-16(12)8-13/h2-9,11,20H,10H2,1H3,(H,18,19). The number of carbonyl (C=O) groups is 1. The number of nitrogens with zero attached hydrogens (tertiary/aromatic N) is 2. The number of hydrogen-bond donors (Lipinski definition) is 2. The summed E-state index contributed by atoms with van der Waals surface area (Å²) >= 11 is 0. The minimum atomic E-state index is -3.90. The van der Waals surface area contributed by atoms with Gasteiger partial charge in [-0.1, -0.05) is 6.92 Å². The largest absolute Gasteiger partial charge is 0.280 e. The molecule has 2 N–H and O–H groups in total. The second-order valence-electron chi connectivity index (χ2n) is 6.55. The van der Waals surface area contributed by atoms with Crippen molar-refractivity contribution in [3.8, 4) is 0 Å². The van der Waals surface area contributed by atoms with Gasteiger partial charge in [-0.3, -0.25) is 14.6 Å². The van der Waals surface area contributed by atoms with Crippen LogP contribution in [0.25, 0.3) is 10.9 Å². The van der Waals surface area contributed by atoms with E-state index in [1.54, 1.807) is 31.3 Å². The Morgan fingerprint density at radius 2 is 1.89 bits per heavy atom. The quantitative estimate of drug-likeness (QED) is 0.661. The molecule has 0 spiro atoms. The highest BCUT2D eigenvalue weighted by molar-refractivity contribution is 7.94. The second-order valence-corrected chi connectivity index (χ2v) is 10.1. The summed E-state index contributed by atoms with van der Waals surface area (Å²) in [5.41, 5.74) is 1.15. The van der Waals surface area contributed by atoms with Crippen LogP contribution in [0, 0.1) is 5.92 Å². The first kappa shape index (κ1) is 18.4. The lowest BCUT2D eigenvalue weighted by Crippen LogP contribution is -2.30. The van der Waals surface area contributed by atoms with Gasteiger partial charge in [0.05, 0.1) is 39.7 Å². The number of hydrogen-bond acceptors (Lipinski definition) is 6. The lowest BCUT2D eigenvalue weighted by molar-refractivity contribution is -0.119. The highest BCUT2D eigenvalue weighted by Gasteiger charge is 2.41. The molecule has 9 nitrogen and oxygen atoms in total. The van der Waals surface area contributed by atoms with Crippen LogP contribution in [0.1, 0.15) is 6.92 Å². The summed E-state index contributed by atoms with van der Waals surface area (Å²) in [6.45, 7) is 1.54. The number of carbonyl (C=O) groups excluding carboxylic acids is 1. The van der Waals surface area contributed by atoms with Crippen molar-refractivity contribution in [1.29, 1.82) is 0 Å². The number of aromatic nitrogens is 2. The third-order valence-corrected chi connectivity index (χ3v) is 7.70. The molecule has 28 heavy (non-hydrogen) atoms. The zero-order chi connectivity index (χ0) is 20.1. The molecule has 1 aliphatic rings. The number of benzene rings is 2. The number of anilines is 2. The highest BCUT2D eigenvalue weighted by Crippen LogP contribution is 2.29. The first-order chi connectivity index (χ1) is 13.2. The normalized spacial score (nSPS) is 19.2. The number of rotatable bonds is 4. The zero-order valence-corrected chi connectivity index (χ0v) is 16.3. The Labute approximate surface area is 161 Å². The van der Waals surface area contributed by atoms with Crippen LogP contribution in [0.5, 0.6) is 0 Å². The molecule has 146 valence electrons. The van der Waals surface area contributed by atoms with E-state index in [0.717, 1.165) is 9.69 Å². The summed E-state index contributed by atoms with van der Waals surface area (Å²) in [5, 5.41) is 7.49. The van der Waals surface area contributed by atoms with Crippen LogP contribution in [0.15, 0.2) is 53.6 Å². The molecule has 11 heteroatoms. The second kappa shape index (κ2) is 6.31. The molecule has 1 fully saturated rings. The Morgan fingerprint density at radius 3 is 2.54 bits per heavy atom. The summed E-state index contributed by atoms with van der Waals surface area (Å²) in [4.78, 5) is 12.1. The molecule has 1 saturated heterocycles. The van der Waals surface area contributed by atoms with Crippen molar-refractivity contribution in [3.63, 3.8) is 0 Å². The fourth-order valence-corrected chi connectivity index (χ4v) is 5.93. The van der Waals surface area contributed by atoms with Crippen LogP contribution in [0.4, 0.5) is 11.4 Å². The van der Waals surface area contributed by atoms with E-state index in [-0.39, 0.29) is 16.3 Å². The maximum absolute atomic E-state index is 12.6. The van der Waals surface area contributed by atoms with Crippen LogP contribution in [0.2, 0.25) is 0 Å². The summed E-state index contributed by atoms with van der Waals surface area (Å²) in [7, 11) is -7.64. The summed E-state index contributed by atoms with van der Waals surface area (Å²) in [6, 6.07) is 10.1. The van der Waals surface area contributed by atoms with Crippen molar-refractivity contribution in [2.45, 2.75) is 11.8 Å². The molecule has 1 amide bonds. The van der Waals surface area contributed by atoms with Crippen LogP contribution in [0.3, 0.4) is 0 Å². The van der Waals surface area contributed by atoms with Gasteiger partial charge < -0.3 is 0 Å². The fraction of sp³-hybridized carbons (Fsp3) is 0.176. The molecule has 2 aromatic carbocycles. The minimum absolute atomic E-state index is 0.0574. The molecule has 0 saturated carbocycles. The van der Waals surface area contributed by atoms with Crippen molar-refractivity contribution in [2.75, 3.05) is 14.8 Å². The molecule has 2 heterocycles. The van der Waals surface area contributed by atoms with Gasteiger partial charge in [-0.15, -0.1) is 0 Å². The molecule has 0 aliphatic carbocycles. The van der Waals surface area contributed by atoms with Crippen molar-refractivity contribution < 1.29 is 21.6 Å². The van der Waals surface area contributed by atoms with Crippen molar-refractivity contribution >= 4 is 48.2 Å². The third kappa shape index (κ3) is 3.12. The average molecular weight is 420 g/mol. The highest BCUT2D eigenvalue weighted by atomic mass is 32.2. The predicted molar refractivity (Wildman–Crippen MR) is 104 cm³/mol. The molecule has 0 bridgehead atoms. The van der Waals surface area contributed by atoms with Gasteiger partial charge in [0.1, 0.15) is 0 Å². The Kier molecular flexibility index (Phi) is 4.16. The predicted octanol–water partition coefficient (Wildman–Crippen LogP) is 1.68. The van der Waals surface area contributed by atoms with Gasteiger partial charge in [-0.25, -0.2) is 21.1 Å². The van der Waals surface area contributed by atoms with Gasteiger partial charge in [0.25, 0.3) is 10.0 Å². The summed E-state index contributed by atoms with van der Waals surface area (Å²) in [5.74, 6) is -1.42. The number of nitrogens with one attached hydrogen (secondary N) is 2. The van der Waals surface area contributed by atoms with Gasteiger partial charge in [-0.2, -0.15) is 5.10 Å². The zero-order valence-electron chi connectivity index (χ0n) is 14.7. The maximum atomic E-state index is 12.6. The van der Waals surface area contributed by atoms with Gasteiger partial charge in [-0.05, 0) is 42.5 Å². The van der Waals surface area contributed by atoms with Crippen molar-refractivity contribution in [3.05, 3.63) is 48.7 Å². The van der Waals surface area contributed by atoms with E-state index in [1.165, 1.54) is 24.3 Å². The molecule has 0 radical (unpaired) electrons. The SMILES string of the molecule is CC1CS(=O)(=O)N(c2ccc(S(=O)(=O)Nc3ccc4cn[nH]c4c3)cc2)C1=O. The van der Waals surface area contributed by atoms with E-state index in [9.17, 15) is 21.6 Å². The molecule has 1 aliphatic heterocycles. The van der Waals surface area contributed by atoms with Crippen LogP contribution >= 0.6 is 0 Å². The third-order valence-electron chi connectivity index (χ3n) is 4.44. The maximum Gasteiger partial charge on any atom is 0.261 e. The fourth-order valence-electron chi connectivity index (χ4n) is 3.06. The van der Waals surface area contributed by atoms with Crippen LogP contribution in [-0.4, -0.2) is 38.7 Å². The van der Waals surface area contributed by atoms with E-state index in [1.807, 2.05) is 0 Å². The lowest BCUT2D eigenvalue weighted by Gasteiger charge is -2.16. The van der Waals surface area contributed by atoms with Gasteiger partial charge >= 0.3 is 0 Å². The number of aromatic amines is 1. The molecule has 1 unspecified atom stereocenters. The van der Waals surface area contributed by atoms with Crippen LogP contribution < -0.4 is 9.03 Å². The van der Waals surface area contributed by atoms with E-state index in [4.69, 9.17) is 0 Å². The van der Waals surface area contributed by atoms with Crippen molar-refractivity contribution in [1.82, 2.24) is 10.2 Å². The molecule has 1 atom stereocenters. The minimum Gasteiger partial charge on any atom is -0.280 e. The summed E-state index contributed by atoms with van der Waals surface area (Å²) < 4.78 is 52.7. The Balaban J connectivity index is 1.61. The molecule has 4 rings (SSSR count). The molecular formula is C17H16N4O5S2. The Hall–Kier alpha value is -2.92. The van der Waals surface area contributed by atoms with E-state index < -0.39 is 31.9 Å². The molecule has 1 aromatic heterocycles. The van der Waals surface area contributed by atoms with Gasteiger partial charge in [0, 0.05) is 5.39 Å². The topological polar surface area (TPSA) is 129 Å². The molecule has 3 aromatic rings. The number of fused-ring (bicyclic) bond motifs is 1. The lowest BCUT2D eigenvalue weighted by atomic mass is 10.2. The molecular weight excluding hydrogens is 404 g/mol. The van der Waals surface area contributed by atoms with Crippen molar-refractivity contribution in [2.24, 2.45) is 5.92 Å². The first-order valence-corrected chi connectivity index (χ1v) is 11.4. The number of H-pyrrole nitrogens is 1. The number of sulfonamides is 2.